The Balaban J connectivity index is 1.93. The second-order valence-corrected chi connectivity index (χ2v) is 8.85. The van der Waals surface area contributed by atoms with Crippen LogP contribution < -0.4 is 29.6 Å². The first-order chi connectivity index (χ1) is 16.3. The predicted octanol–water partition coefficient (Wildman–Crippen LogP) is 3.60. The van der Waals surface area contributed by atoms with Crippen molar-refractivity contribution in [1.82, 2.24) is 0 Å². The Morgan fingerprint density at radius 3 is 2.09 bits per heavy atom. The number of anilines is 2. The third-order valence-electron chi connectivity index (χ3n) is 4.94. The lowest BCUT2D eigenvalue weighted by atomic mass is 10.2. The number of benzene rings is 3. The summed E-state index contributed by atoms with van der Waals surface area (Å²) in [5, 5.41) is 5.64. The van der Waals surface area contributed by atoms with Crippen LogP contribution in [0.25, 0.3) is 0 Å². The molecule has 0 aliphatic carbocycles. The van der Waals surface area contributed by atoms with E-state index in [1.54, 1.807) is 42.5 Å². The van der Waals surface area contributed by atoms with Gasteiger partial charge in [-0.1, -0.05) is 18.2 Å². The van der Waals surface area contributed by atoms with Gasteiger partial charge >= 0.3 is 0 Å². The van der Waals surface area contributed by atoms with Crippen molar-refractivity contribution in [2.24, 2.45) is 0 Å². The van der Waals surface area contributed by atoms with Crippen LogP contribution in [0.5, 0.6) is 23.0 Å². The molecule has 3 aromatic rings. The Hall–Kier alpha value is -3.92. The summed E-state index contributed by atoms with van der Waals surface area (Å²) in [6.45, 7) is -0.229. The predicted molar refractivity (Wildman–Crippen MR) is 128 cm³/mol. The average Bonchev–Trinajstić information content (AvgIpc) is 2.87. The van der Waals surface area contributed by atoms with E-state index in [-0.39, 0.29) is 33.5 Å². The monoisotopic (exact) mass is 486 g/mol. The Bertz CT molecular complexity index is 1260. The van der Waals surface area contributed by atoms with Gasteiger partial charge in [-0.2, -0.15) is 0 Å². The largest absolute Gasteiger partial charge is 0.497 e. The van der Waals surface area contributed by atoms with Crippen LogP contribution >= 0.6 is 0 Å². The molecule has 3 rings (SSSR count). The summed E-state index contributed by atoms with van der Waals surface area (Å²) < 4.78 is 48.1. The molecule has 0 fully saturated rings. The molecule has 0 saturated carbocycles. The summed E-state index contributed by atoms with van der Waals surface area (Å²) >= 11 is 0. The van der Waals surface area contributed by atoms with Crippen molar-refractivity contribution < 1.29 is 32.2 Å². The Labute approximate surface area is 198 Å². The van der Waals surface area contributed by atoms with Crippen molar-refractivity contribution in [3.63, 3.8) is 0 Å². The number of carbonyl (C=O) groups excluding carboxylic acids is 1. The molecule has 0 heterocycles. The molecule has 2 N–H and O–H groups in total. The Morgan fingerprint density at radius 2 is 1.47 bits per heavy atom. The second kappa shape index (κ2) is 10.8. The molecule has 0 spiro atoms. The van der Waals surface area contributed by atoms with Crippen LogP contribution in [0.4, 0.5) is 11.4 Å². The topological polar surface area (TPSA) is 112 Å². The highest BCUT2D eigenvalue weighted by Gasteiger charge is 2.29. The van der Waals surface area contributed by atoms with E-state index in [9.17, 15) is 13.2 Å². The summed E-state index contributed by atoms with van der Waals surface area (Å²) in [4.78, 5) is 12.6. The molecule has 1 amide bonds. The van der Waals surface area contributed by atoms with Crippen LogP contribution in [0.15, 0.2) is 70.5 Å². The molecule has 0 atom stereocenters. The number of sulfone groups is 1. The third-order valence-corrected chi connectivity index (χ3v) is 6.78. The molecule has 34 heavy (non-hydrogen) atoms. The van der Waals surface area contributed by atoms with Gasteiger partial charge in [-0.15, -0.1) is 0 Å². The summed E-state index contributed by atoms with van der Waals surface area (Å²) in [5.74, 6) is 0.844. The molecule has 10 heteroatoms. The first-order valence-corrected chi connectivity index (χ1v) is 11.6. The maximum Gasteiger partial charge on any atom is 0.243 e. The van der Waals surface area contributed by atoms with Crippen molar-refractivity contribution in [2.75, 3.05) is 45.6 Å². The molecule has 0 radical (unpaired) electrons. The molecule has 180 valence electrons. The van der Waals surface area contributed by atoms with Crippen molar-refractivity contribution in [3.05, 3.63) is 60.7 Å². The molecular formula is C24H26N2O7S. The molecule has 9 nitrogen and oxygen atoms in total. The summed E-state index contributed by atoms with van der Waals surface area (Å²) in [6, 6.07) is 16.0. The fourth-order valence-corrected chi connectivity index (χ4v) is 4.91. The van der Waals surface area contributed by atoms with E-state index in [0.29, 0.717) is 17.2 Å². The van der Waals surface area contributed by atoms with Gasteiger partial charge in [0.15, 0.2) is 11.5 Å². The van der Waals surface area contributed by atoms with Crippen LogP contribution in [-0.4, -0.2) is 49.3 Å². The minimum Gasteiger partial charge on any atom is -0.497 e. The van der Waals surface area contributed by atoms with Gasteiger partial charge in [0.2, 0.25) is 15.7 Å². The first kappa shape index (κ1) is 24.7. The standard InChI is InChI=1S/C24H26N2O7S/c1-30-16-10-12-20(31-2)19(14-16)26-22(27)15-25-18-11-13-21(32-3)23(33-4)24(18)34(28,29)17-8-6-5-7-9-17/h5-14,25H,15H2,1-4H3,(H,26,27). The first-order valence-electron chi connectivity index (χ1n) is 10.2. The number of methoxy groups -OCH3 is 4. The summed E-state index contributed by atoms with van der Waals surface area (Å²) in [5.41, 5.74) is 0.604. The van der Waals surface area contributed by atoms with Crippen LogP contribution in [0, 0.1) is 0 Å². The van der Waals surface area contributed by atoms with Gasteiger partial charge in [-0.05, 0) is 36.4 Å². The zero-order chi connectivity index (χ0) is 24.7. The number of ether oxygens (including phenoxy) is 4. The minimum absolute atomic E-state index is 0.0335. The van der Waals surface area contributed by atoms with Gasteiger partial charge in [-0.25, -0.2) is 8.42 Å². The van der Waals surface area contributed by atoms with E-state index in [1.807, 2.05) is 0 Å². The maximum absolute atomic E-state index is 13.5. The minimum atomic E-state index is -4.01. The quantitative estimate of drug-likeness (QED) is 0.447. The van der Waals surface area contributed by atoms with Crippen molar-refractivity contribution in [3.8, 4) is 23.0 Å². The van der Waals surface area contributed by atoms with E-state index in [0.717, 1.165) is 0 Å². The third kappa shape index (κ3) is 5.18. The number of hydrogen-bond acceptors (Lipinski definition) is 8. The molecule has 0 bridgehead atoms. The zero-order valence-electron chi connectivity index (χ0n) is 19.2. The normalized spacial score (nSPS) is 10.8. The lowest BCUT2D eigenvalue weighted by molar-refractivity contribution is -0.114. The van der Waals surface area contributed by atoms with Gasteiger partial charge in [-0.3, -0.25) is 4.79 Å². The smallest absolute Gasteiger partial charge is 0.243 e. The van der Waals surface area contributed by atoms with Crippen LogP contribution in [0.3, 0.4) is 0 Å². The number of nitrogens with one attached hydrogen (secondary N) is 2. The highest BCUT2D eigenvalue weighted by atomic mass is 32.2. The van der Waals surface area contributed by atoms with Crippen molar-refractivity contribution >= 4 is 27.1 Å². The Kier molecular flexibility index (Phi) is 7.85. The van der Waals surface area contributed by atoms with Gasteiger partial charge in [0.25, 0.3) is 0 Å². The molecular weight excluding hydrogens is 460 g/mol. The van der Waals surface area contributed by atoms with Gasteiger partial charge in [0.05, 0.1) is 51.3 Å². The van der Waals surface area contributed by atoms with Gasteiger partial charge < -0.3 is 29.6 Å². The van der Waals surface area contributed by atoms with E-state index < -0.39 is 15.7 Å². The molecule has 0 aliphatic heterocycles. The maximum atomic E-state index is 13.5. The fraction of sp³-hybridized carbons (Fsp3) is 0.208. The molecule has 3 aromatic carbocycles. The van der Waals surface area contributed by atoms with Crippen LogP contribution in [0.1, 0.15) is 0 Å². The van der Waals surface area contributed by atoms with Crippen molar-refractivity contribution in [1.29, 1.82) is 0 Å². The van der Waals surface area contributed by atoms with Crippen LogP contribution in [0.2, 0.25) is 0 Å². The molecule has 0 aliphatic rings. The number of hydrogen-bond donors (Lipinski definition) is 2. The number of carbonyl (C=O) groups is 1. The van der Waals surface area contributed by atoms with E-state index in [2.05, 4.69) is 10.6 Å². The lowest BCUT2D eigenvalue weighted by Gasteiger charge is -2.18. The lowest BCUT2D eigenvalue weighted by Crippen LogP contribution is -2.23. The molecule has 0 unspecified atom stereocenters. The summed E-state index contributed by atoms with van der Waals surface area (Å²) in [6.07, 6.45) is 0. The summed E-state index contributed by atoms with van der Waals surface area (Å²) in [7, 11) is 1.76. The van der Waals surface area contributed by atoms with Gasteiger partial charge in [0.1, 0.15) is 16.4 Å². The highest BCUT2D eigenvalue weighted by molar-refractivity contribution is 7.91. The molecule has 0 aromatic heterocycles. The number of rotatable bonds is 10. The fourth-order valence-electron chi connectivity index (χ4n) is 3.30. The van der Waals surface area contributed by atoms with E-state index >= 15 is 0 Å². The van der Waals surface area contributed by atoms with Gasteiger partial charge in [0, 0.05) is 6.07 Å². The Morgan fingerprint density at radius 1 is 0.794 bits per heavy atom. The van der Waals surface area contributed by atoms with Crippen LogP contribution in [-0.2, 0) is 14.6 Å². The molecule has 0 saturated heterocycles. The van der Waals surface area contributed by atoms with Crippen molar-refractivity contribution in [2.45, 2.75) is 9.79 Å². The number of amides is 1. The zero-order valence-corrected chi connectivity index (χ0v) is 20.1. The average molecular weight is 487 g/mol. The SMILES string of the molecule is COc1ccc(OC)c(NC(=O)CNc2ccc(OC)c(OC)c2S(=O)(=O)c2ccccc2)c1. The van der Waals surface area contributed by atoms with E-state index in [4.69, 9.17) is 18.9 Å². The van der Waals surface area contributed by atoms with E-state index in [1.165, 1.54) is 46.6 Å². The highest BCUT2D eigenvalue weighted by Crippen LogP contribution is 2.42. The second-order valence-electron chi connectivity index (χ2n) is 6.96.